The fourth-order valence-electron chi connectivity index (χ4n) is 2.84. The Morgan fingerprint density at radius 1 is 1.42 bits per heavy atom. The fraction of sp³-hybridized carbons (Fsp3) is 0.375. The van der Waals surface area contributed by atoms with Crippen LogP contribution in [0.3, 0.4) is 0 Å². The van der Waals surface area contributed by atoms with Gasteiger partial charge in [-0.05, 0) is 18.2 Å². The highest BCUT2D eigenvalue weighted by Gasteiger charge is 2.27. The molecule has 1 unspecified atom stereocenters. The molecular weight excluding hydrogens is 365 g/mol. The summed E-state index contributed by atoms with van der Waals surface area (Å²) in [6, 6.07) is 4.89. The third-order valence-electron chi connectivity index (χ3n) is 4.11. The summed E-state index contributed by atoms with van der Waals surface area (Å²) in [4.78, 5) is 26.7. The van der Waals surface area contributed by atoms with Crippen LogP contribution in [-0.4, -0.2) is 62.2 Å². The molecule has 8 nitrogen and oxygen atoms in total. The number of morpholine rings is 1. The molecular formula is C16H18FN3O5S. The van der Waals surface area contributed by atoms with Gasteiger partial charge in [0.15, 0.2) is 0 Å². The van der Waals surface area contributed by atoms with E-state index in [1.165, 1.54) is 16.4 Å². The molecule has 0 bridgehead atoms. The van der Waals surface area contributed by atoms with Crippen molar-refractivity contribution in [2.45, 2.75) is 6.10 Å². The standard InChI is InChI=1S/C16H18FN3O5S/c1-26(23,24)20-4-5-25-11(9-20)8-18-16(22)13-7-15(21)19-14-6-10(17)2-3-12(13)14/h2-3,6-7,11H,4-5,8-9H2,1H3,(H,18,22)(H,19,21). The van der Waals surface area contributed by atoms with E-state index in [1.807, 2.05) is 0 Å². The lowest BCUT2D eigenvalue weighted by atomic mass is 10.1. The molecule has 2 N–H and O–H groups in total. The van der Waals surface area contributed by atoms with Crippen LogP contribution in [0, 0.1) is 5.82 Å². The van der Waals surface area contributed by atoms with Gasteiger partial charge < -0.3 is 15.0 Å². The molecule has 10 heteroatoms. The van der Waals surface area contributed by atoms with Gasteiger partial charge in [0.2, 0.25) is 15.6 Å². The number of carbonyl (C=O) groups is 1. The van der Waals surface area contributed by atoms with E-state index >= 15 is 0 Å². The average Bonchev–Trinajstić information content (AvgIpc) is 2.58. The number of rotatable bonds is 4. The van der Waals surface area contributed by atoms with Crippen molar-refractivity contribution in [3.8, 4) is 0 Å². The number of carbonyl (C=O) groups excluding carboxylic acids is 1. The van der Waals surface area contributed by atoms with Gasteiger partial charge in [0.05, 0.1) is 30.0 Å². The number of amides is 1. The Morgan fingerprint density at radius 2 is 2.19 bits per heavy atom. The van der Waals surface area contributed by atoms with Gasteiger partial charge in [0, 0.05) is 31.1 Å². The second-order valence-corrected chi connectivity index (χ2v) is 8.04. The predicted molar refractivity (Wildman–Crippen MR) is 93.0 cm³/mol. The van der Waals surface area contributed by atoms with E-state index < -0.39 is 33.4 Å². The third kappa shape index (κ3) is 4.09. The molecule has 26 heavy (non-hydrogen) atoms. The first-order valence-corrected chi connectivity index (χ1v) is 9.76. The van der Waals surface area contributed by atoms with E-state index in [9.17, 15) is 22.4 Å². The van der Waals surface area contributed by atoms with Gasteiger partial charge in [0.25, 0.3) is 5.91 Å². The van der Waals surface area contributed by atoms with Gasteiger partial charge in [-0.2, -0.15) is 4.31 Å². The van der Waals surface area contributed by atoms with Gasteiger partial charge in [-0.15, -0.1) is 0 Å². The van der Waals surface area contributed by atoms with Crippen molar-refractivity contribution in [2.75, 3.05) is 32.5 Å². The van der Waals surface area contributed by atoms with Crippen LogP contribution in [-0.2, 0) is 14.8 Å². The number of benzene rings is 1. The maximum Gasteiger partial charge on any atom is 0.252 e. The van der Waals surface area contributed by atoms with Crippen molar-refractivity contribution < 1.29 is 22.3 Å². The number of aromatic amines is 1. The molecule has 1 atom stereocenters. The molecule has 1 aromatic heterocycles. The first-order valence-electron chi connectivity index (χ1n) is 7.91. The Labute approximate surface area is 149 Å². The molecule has 140 valence electrons. The maximum atomic E-state index is 13.3. The third-order valence-corrected chi connectivity index (χ3v) is 5.38. The molecule has 0 spiro atoms. The summed E-state index contributed by atoms with van der Waals surface area (Å²) in [6.07, 6.45) is 0.628. The van der Waals surface area contributed by atoms with Crippen LogP contribution in [0.1, 0.15) is 10.4 Å². The molecule has 0 aliphatic carbocycles. The van der Waals surface area contributed by atoms with Crippen LogP contribution in [0.5, 0.6) is 0 Å². The number of hydrogen-bond acceptors (Lipinski definition) is 5. The Bertz CT molecular complexity index is 1000. The summed E-state index contributed by atoms with van der Waals surface area (Å²) in [5, 5.41) is 3.05. The predicted octanol–water partition coefficient (Wildman–Crippen LogP) is 0.0574. The van der Waals surface area contributed by atoms with Crippen molar-refractivity contribution >= 4 is 26.8 Å². The summed E-state index contributed by atoms with van der Waals surface area (Å²) in [6.45, 7) is 0.731. The molecule has 3 rings (SSSR count). The summed E-state index contributed by atoms with van der Waals surface area (Å²) >= 11 is 0. The van der Waals surface area contributed by atoms with Gasteiger partial charge in [-0.1, -0.05) is 0 Å². The summed E-state index contributed by atoms with van der Waals surface area (Å²) < 4.78 is 43.3. The zero-order valence-corrected chi connectivity index (χ0v) is 14.8. The highest BCUT2D eigenvalue weighted by molar-refractivity contribution is 7.88. The first kappa shape index (κ1) is 18.5. The van der Waals surface area contributed by atoms with E-state index in [2.05, 4.69) is 10.3 Å². The number of halogens is 1. The highest BCUT2D eigenvalue weighted by Crippen LogP contribution is 2.16. The zero-order chi connectivity index (χ0) is 18.9. The summed E-state index contributed by atoms with van der Waals surface area (Å²) in [7, 11) is -3.33. The van der Waals surface area contributed by atoms with Crippen molar-refractivity contribution in [1.82, 2.24) is 14.6 Å². The van der Waals surface area contributed by atoms with Crippen LogP contribution in [0.15, 0.2) is 29.1 Å². The molecule has 2 aromatic rings. The number of aromatic nitrogens is 1. The van der Waals surface area contributed by atoms with Crippen LogP contribution < -0.4 is 10.9 Å². The van der Waals surface area contributed by atoms with Gasteiger partial charge >= 0.3 is 0 Å². The smallest absolute Gasteiger partial charge is 0.252 e. The molecule has 1 aromatic carbocycles. The maximum absolute atomic E-state index is 13.3. The second-order valence-electron chi connectivity index (χ2n) is 6.06. The minimum atomic E-state index is -3.33. The highest BCUT2D eigenvalue weighted by atomic mass is 32.2. The molecule has 0 radical (unpaired) electrons. The Kier molecular flexibility index (Phi) is 5.08. The summed E-state index contributed by atoms with van der Waals surface area (Å²) in [5.74, 6) is -1.05. The fourth-order valence-corrected chi connectivity index (χ4v) is 3.68. The van der Waals surface area contributed by atoms with Crippen LogP contribution in [0.25, 0.3) is 10.9 Å². The van der Waals surface area contributed by atoms with Crippen LogP contribution >= 0.6 is 0 Å². The normalized spacial score (nSPS) is 18.8. The van der Waals surface area contributed by atoms with Crippen molar-refractivity contribution in [3.63, 3.8) is 0 Å². The van der Waals surface area contributed by atoms with Crippen molar-refractivity contribution in [2.24, 2.45) is 0 Å². The van der Waals surface area contributed by atoms with Gasteiger partial charge in [-0.25, -0.2) is 12.8 Å². The molecule has 1 aliphatic heterocycles. The lowest BCUT2D eigenvalue weighted by molar-refractivity contribution is 0.000446. The van der Waals surface area contributed by atoms with E-state index in [0.29, 0.717) is 5.39 Å². The average molecular weight is 383 g/mol. The van der Waals surface area contributed by atoms with Crippen LogP contribution in [0.2, 0.25) is 0 Å². The molecule has 2 heterocycles. The number of nitrogens with zero attached hydrogens (tertiary/aromatic N) is 1. The van der Waals surface area contributed by atoms with E-state index in [0.717, 1.165) is 18.4 Å². The monoisotopic (exact) mass is 383 g/mol. The summed E-state index contributed by atoms with van der Waals surface area (Å²) in [5.41, 5.74) is -0.190. The van der Waals surface area contributed by atoms with Gasteiger partial charge in [0.1, 0.15) is 5.82 Å². The van der Waals surface area contributed by atoms with E-state index in [4.69, 9.17) is 4.74 Å². The number of nitrogens with one attached hydrogen (secondary N) is 2. The second kappa shape index (κ2) is 7.14. The first-order chi connectivity index (χ1) is 12.2. The minimum absolute atomic E-state index is 0.0837. The van der Waals surface area contributed by atoms with E-state index in [-0.39, 0.29) is 37.3 Å². The number of pyridine rings is 1. The molecule has 0 saturated carbocycles. The van der Waals surface area contributed by atoms with Crippen molar-refractivity contribution in [3.05, 3.63) is 46.0 Å². The molecule has 1 saturated heterocycles. The number of ether oxygens (including phenoxy) is 1. The number of fused-ring (bicyclic) bond motifs is 1. The van der Waals surface area contributed by atoms with Gasteiger partial charge in [-0.3, -0.25) is 9.59 Å². The molecule has 1 amide bonds. The minimum Gasteiger partial charge on any atom is -0.374 e. The quantitative estimate of drug-likeness (QED) is 0.776. The topological polar surface area (TPSA) is 109 Å². The zero-order valence-electron chi connectivity index (χ0n) is 14.0. The van der Waals surface area contributed by atoms with Crippen LogP contribution in [0.4, 0.5) is 4.39 Å². The lowest BCUT2D eigenvalue weighted by Crippen LogP contribution is -2.49. The lowest BCUT2D eigenvalue weighted by Gasteiger charge is -2.31. The van der Waals surface area contributed by atoms with E-state index in [1.54, 1.807) is 0 Å². The Balaban J connectivity index is 1.75. The molecule has 1 fully saturated rings. The molecule has 1 aliphatic rings. The SMILES string of the molecule is CS(=O)(=O)N1CCOC(CNC(=O)c2cc(=O)[nH]c3cc(F)ccc23)C1. The number of H-pyrrole nitrogens is 1. The Morgan fingerprint density at radius 3 is 2.92 bits per heavy atom. The largest absolute Gasteiger partial charge is 0.374 e. The number of sulfonamides is 1. The van der Waals surface area contributed by atoms with Crippen molar-refractivity contribution in [1.29, 1.82) is 0 Å². The Hall–Kier alpha value is -2.30. The number of hydrogen-bond donors (Lipinski definition) is 2.